The van der Waals surface area contributed by atoms with Crippen molar-refractivity contribution in [3.63, 3.8) is 0 Å². The molecule has 0 heterocycles. The first-order valence-corrected chi connectivity index (χ1v) is 9.42. The molecule has 2 aromatic carbocycles. The van der Waals surface area contributed by atoms with E-state index in [0.717, 1.165) is 6.08 Å². The summed E-state index contributed by atoms with van der Waals surface area (Å²) in [6, 6.07) is 7.05. The molecular weight excluding hydrogens is 484 g/mol. The second-order valence-corrected chi connectivity index (χ2v) is 6.91. The van der Waals surface area contributed by atoms with Crippen LogP contribution in [-0.4, -0.2) is 37.6 Å². The fourth-order valence-corrected chi connectivity index (χ4v) is 3.05. The number of nitro benzene ring substituents is 1. The third-order valence-corrected chi connectivity index (χ3v) is 4.59. The summed E-state index contributed by atoms with van der Waals surface area (Å²) < 4.78 is 15.5. The summed E-state index contributed by atoms with van der Waals surface area (Å²) in [5.74, 6) is -0.599. The van der Waals surface area contributed by atoms with Gasteiger partial charge < -0.3 is 19.5 Å². The fourth-order valence-electron chi connectivity index (χ4n) is 2.29. The number of esters is 1. The van der Waals surface area contributed by atoms with Gasteiger partial charge in [-0.05, 0) is 45.8 Å². The van der Waals surface area contributed by atoms with Crippen molar-refractivity contribution in [3.8, 4) is 11.5 Å². The van der Waals surface area contributed by atoms with E-state index >= 15 is 0 Å². The Balaban J connectivity index is 1.94. The zero-order valence-electron chi connectivity index (χ0n) is 15.8. The van der Waals surface area contributed by atoms with E-state index < -0.39 is 23.4 Å². The van der Waals surface area contributed by atoms with E-state index in [9.17, 15) is 19.7 Å². The van der Waals surface area contributed by atoms with E-state index in [2.05, 4.69) is 21.2 Å². The van der Waals surface area contributed by atoms with Gasteiger partial charge in [-0.2, -0.15) is 0 Å². The number of non-ortho nitro benzene ring substituents is 1. The topological polar surface area (TPSA) is 117 Å². The van der Waals surface area contributed by atoms with Gasteiger partial charge in [0.1, 0.15) is 0 Å². The molecule has 1 N–H and O–H groups in total. The van der Waals surface area contributed by atoms with Gasteiger partial charge in [0.15, 0.2) is 18.1 Å². The van der Waals surface area contributed by atoms with Gasteiger partial charge >= 0.3 is 5.97 Å². The maximum atomic E-state index is 11.9. The van der Waals surface area contributed by atoms with Crippen molar-refractivity contribution in [1.82, 2.24) is 0 Å². The summed E-state index contributed by atoms with van der Waals surface area (Å²) in [5.41, 5.74) is 0.734. The average Bonchev–Trinajstić information content (AvgIpc) is 2.71. The minimum absolute atomic E-state index is 0.133. The number of nitrogens with zero attached hydrogens (tertiary/aromatic N) is 1. The number of nitrogens with one attached hydrogen (secondary N) is 1. The Kier molecular flexibility index (Phi) is 8.19. The molecule has 2 rings (SSSR count). The van der Waals surface area contributed by atoms with E-state index in [1.54, 1.807) is 12.1 Å². The normalized spacial score (nSPS) is 10.5. The quantitative estimate of drug-likeness (QED) is 0.250. The molecule has 0 aliphatic carbocycles. The highest BCUT2D eigenvalue weighted by atomic mass is 79.9. The summed E-state index contributed by atoms with van der Waals surface area (Å²) in [6.45, 7) is -0.542. The second kappa shape index (κ2) is 10.6. The van der Waals surface area contributed by atoms with Gasteiger partial charge in [0.2, 0.25) is 0 Å². The van der Waals surface area contributed by atoms with Gasteiger partial charge in [-0.3, -0.25) is 14.9 Å². The molecule has 0 unspecified atom stereocenters. The van der Waals surface area contributed by atoms with Crippen LogP contribution in [0.15, 0.2) is 40.9 Å². The number of hydrogen-bond acceptors (Lipinski definition) is 7. The van der Waals surface area contributed by atoms with Crippen LogP contribution >= 0.6 is 27.5 Å². The third kappa shape index (κ3) is 6.19. The first-order chi connectivity index (χ1) is 14.2. The van der Waals surface area contributed by atoms with Gasteiger partial charge in [-0.1, -0.05) is 11.6 Å². The molecule has 0 atom stereocenters. The predicted molar refractivity (Wildman–Crippen MR) is 114 cm³/mol. The lowest BCUT2D eigenvalue weighted by Crippen LogP contribution is -2.20. The number of anilines is 1. The molecule has 0 bridgehead atoms. The number of amides is 1. The molecule has 0 aliphatic heterocycles. The van der Waals surface area contributed by atoms with E-state index in [0.29, 0.717) is 32.2 Å². The monoisotopic (exact) mass is 498 g/mol. The second-order valence-electron chi connectivity index (χ2n) is 5.65. The number of methoxy groups -OCH3 is 2. The van der Waals surface area contributed by atoms with Crippen molar-refractivity contribution in [2.75, 3.05) is 26.1 Å². The number of carbonyl (C=O) groups is 2. The van der Waals surface area contributed by atoms with Crippen LogP contribution in [0.5, 0.6) is 11.5 Å². The molecule has 0 spiro atoms. The largest absolute Gasteiger partial charge is 0.493 e. The van der Waals surface area contributed by atoms with E-state index in [1.807, 2.05) is 0 Å². The zero-order valence-corrected chi connectivity index (χ0v) is 18.2. The molecule has 1 amide bonds. The van der Waals surface area contributed by atoms with Crippen molar-refractivity contribution in [2.24, 2.45) is 0 Å². The van der Waals surface area contributed by atoms with Crippen molar-refractivity contribution in [2.45, 2.75) is 0 Å². The molecule has 0 aromatic heterocycles. The molecule has 0 fully saturated rings. The molecule has 2 aromatic rings. The molecule has 0 saturated heterocycles. The van der Waals surface area contributed by atoms with Crippen molar-refractivity contribution in [1.29, 1.82) is 0 Å². The van der Waals surface area contributed by atoms with Crippen molar-refractivity contribution >= 4 is 56.9 Å². The highest BCUT2D eigenvalue weighted by molar-refractivity contribution is 9.10. The van der Waals surface area contributed by atoms with Gasteiger partial charge in [0.25, 0.3) is 11.6 Å². The molecule has 158 valence electrons. The van der Waals surface area contributed by atoms with Crippen LogP contribution < -0.4 is 14.8 Å². The number of ether oxygens (including phenoxy) is 3. The lowest BCUT2D eigenvalue weighted by molar-refractivity contribution is -0.384. The Morgan fingerprint density at radius 2 is 1.97 bits per heavy atom. The molecule has 0 aliphatic rings. The fraction of sp³-hybridized carbons (Fsp3) is 0.158. The van der Waals surface area contributed by atoms with Gasteiger partial charge in [-0.15, -0.1) is 0 Å². The Morgan fingerprint density at radius 1 is 1.23 bits per heavy atom. The highest BCUT2D eigenvalue weighted by Gasteiger charge is 2.13. The molecular formula is C19H16BrClN2O7. The molecule has 0 saturated carbocycles. The number of hydrogen-bond donors (Lipinski definition) is 1. The van der Waals surface area contributed by atoms with Crippen LogP contribution in [0, 0.1) is 10.1 Å². The summed E-state index contributed by atoms with van der Waals surface area (Å²) >= 11 is 9.23. The van der Waals surface area contributed by atoms with Gasteiger partial charge in [-0.25, -0.2) is 4.79 Å². The summed E-state index contributed by atoms with van der Waals surface area (Å²) in [5, 5.41) is 13.5. The van der Waals surface area contributed by atoms with E-state index in [1.165, 1.54) is 38.5 Å². The average molecular weight is 500 g/mol. The van der Waals surface area contributed by atoms with Crippen molar-refractivity contribution in [3.05, 3.63) is 61.6 Å². The summed E-state index contributed by atoms with van der Waals surface area (Å²) in [6.07, 6.45) is 2.58. The van der Waals surface area contributed by atoms with Crippen molar-refractivity contribution < 1.29 is 28.7 Å². The van der Waals surface area contributed by atoms with Gasteiger partial charge in [0.05, 0.1) is 29.9 Å². The Labute approximate surface area is 184 Å². The third-order valence-electron chi connectivity index (χ3n) is 3.65. The minimum Gasteiger partial charge on any atom is -0.493 e. The standard InChI is InChI=1S/C19H16BrClN2O7/c1-28-16-8-11(7-14(21)19(16)29-2)3-6-18(25)30-10-17(24)22-15-5-4-12(23(26)27)9-13(15)20/h3-9H,10H2,1-2H3,(H,22,24)/b6-3+. The number of halogens is 2. The van der Waals surface area contributed by atoms with Crippen LogP contribution in [-0.2, 0) is 14.3 Å². The smallest absolute Gasteiger partial charge is 0.331 e. The first-order valence-electron chi connectivity index (χ1n) is 8.25. The van der Waals surface area contributed by atoms with Gasteiger partial charge in [0, 0.05) is 22.7 Å². The number of nitro groups is 1. The number of carbonyl (C=O) groups excluding carboxylic acids is 2. The zero-order chi connectivity index (χ0) is 22.3. The van der Waals surface area contributed by atoms with Crippen LogP contribution in [0.2, 0.25) is 5.02 Å². The van der Waals surface area contributed by atoms with E-state index in [4.69, 9.17) is 25.8 Å². The molecule has 11 heteroatoms. The summed E-state index contributed by atoms with van der Waals surface area (Å²) in [7, 11) is 2.91. The molecule has 30 heavy (non-hydrogen) atoms. The Morgan fingerprint density at radius 3 is 2.57 bits per heavy atom. The maximum Gasteiger partial charge on any atom is 0.331 e. The summed E-state index contributed by atoms with van der Waals surface area (Å²) in [4.78, 5) is 34.0. The molecule has 0 radical (unpaired) electrons. The number of rotatable bonds is 8. The number of benzene rings is 2. The first kappa shape index (κ1) is 23.2. The van der Waals surface area contributed by atoms with Crippen LogP contribution in [0.3, 0.4) is 0 Å². The van der Waals surface area contributed by atoms with Crippen LogP contribution in [0.25, 0.3) is 6.08 Å². The predicted octanol–water partition coefficient (Wildman–Crippen LogP) is 4.22. The lowest BCUT2D eigenvalue weighted by Gasteiger charge is -2.10. The van der Waals surface area contributed by atoms with Crippen LogP contribution in [0.4, 0.5) is 11.4 Å². The SMILES string of the molecule is COc1cc(/C=C/C(=O)OCC(=O)Nc2ccc([N+](=O)[O-])cc2Br)cc(Cl)c1OC. The maximum absolute atomic E-state index is 11.9. The lowest BCUT2D eigenvalue weighted by atomic mass is 10.2. The Hall–Kier alpha value is -3.11. The highest BCUT2D eigenvalue weighted by Crippen LogP contribution is 2.36. The van der Waals surface area contributed by atoms with E-state index in [-0.39, 0.29) is 5.69 Å². The van der Waals surface area contributed by atoms with Crippen LogP contribution in [0.1, 0.15) is 5.56 Å². The minimum atomic E-state index is -0.751. The molecule has 9 nitrogen and oxygen atoms in total. The Bertz CT molecular complexity index is 1010.